The number of primary sulfonamides is 1. The summed E-state index contributed by atoms with van der Waals surface area (Å²) >= 11 is 1.13. The Morgan fingerprint density at radius 1 is 1.21 bits per heavy atom. The molecule has 0 aliphatic carbocycles. The van der Waals surface area contributed by atoms with Crippen LogP contribution in [0, 0.1) is 0 Å². The molecule has 2 saturated heterocycles. The van der Waals surface area contributed by atoms with E-state index in [9.17, 15) is 32.7 Å². The first-order chi connectivity index (χ1) is 13.2. The van der Waals surface area contributed by atoms with E-state index in [1.807, 2.05) is 0 Å². The lowest BCUT2D eigenvalue weighted by Crippen LogP contribution is -2.82. The van der Waals surface area contributed by atoms with Crippen molar-refractivity contribution in [1.29, 1.82) is 0 Å². The fourth-order valence-electron chi connectivity index (χ4n) is 3.63. The van der Waals surface area contributed by atoms with Gasteiger partial charge in [-0.25, -0.2) is 18.4 Å². The quantitative estimate of drug-likeness (QED) is 0.408. The Hall–Kier alpha value is -2.44. The molecule has 2 heterocycles. The number of rotatable bonds is 5. The lowest BCUT2D eigenvalue weighted by Gasteiger charge is -2.51. The fraction of sp³-hybridized carbons (Fsp3) is 0.412. The SMILES string of the molecule is CC(=O)C1(NC(=O)c2ccc(S(N)(=O)=O)cc2)C(=O)N2[C@@H](C(=O)O)C(C)(C)S[C@@H]21. The van der Waals surface area contributed by atoms with Gasteiger partial charge < -0.3 is 15.3 Å². The maximum absolute atomic E-state index is 12.9. The van der Waals surface area contributed by atoms with Crippen molar-refractivity contribution in [2.75, 3.05) is 0 Å². The largest absolute Gasteiger partial charge is 0.480 e. The standard InChI is InChI=1S/C17H19N3O7S2/c1-8(21)17(14(25)20-11(13(23)24)16(2,3)28-15(17)20)19-12(22)9-4-6-10(7-5-9)29(18,26)27/h4-7,11,15H,1-3H3,(H,19,22)(H,23,24)(H2,18,26,27)/t11-,15+,17?/m0/s1. The molecule has 12 heteroatoms. The first-order valence-electron chi connectivity index (χ1n) is 8.43. The highest BCUT2D eigenvalue weighted by Gasteiger charge is 2.74. The van der Waals surface area contributed by atoms with E-state index in [4.69, 9.17) is 5.14 Å². The molecule has 0 spiro atoms. The van der Waals surface area contributed by atoms with Gasteiger partial charge in [-0.05, 0) is 45.0 Å². The molecule has 2 aliphatic heterocycles. The first kappa shape index (κ1) is 21.3. The van der Waals surface area contributed by atoms with Gasteiger partial charge in [0.05, 0.1) is 4.90 Å². The highest BCUT2D eigenvalue weighted by Crippen LogP contribution is 2.55. The molecule has 0 radical (unpaired) electrons. The molecule has 1 aromatic carbocycles. The summed E-state index contributed by atoms with van der Waals surface area (Å²) in [5.41, 5.74) is -1.87. The van der Waals surface area contributed by atoms with Crippen LogP contribution in [0.15, 0.2) is 29.2 Å². The lowest BCUT2D eigenvalue weighted by molar-refractivity contribution is -0.170. The Morgan fingerprint density at radius 2 is 1.76 bits per heavy atom. The van der Waals surface area contributed by atoms with Gasteiger partial charge in [-0.3, -0.25) is 14.4 Å². The minimum absolute atomic E-state index is 0.0151. The predicted octanol–water partition coefficient (Wildman–Crippen LogP) is -0.461. The fourth-order valence-corrected chi connectivity index (χ4v) is 5.90. The van der Waals surface area contributed by atoms with Crippen LogP contribution in [-0.4, -0.2) is 63.7 Å². The van der Waals surface area contributed by atoms with Crippen LogP contribution in [0.5, 0.6) is 0 Å². The van der Waals surface area contributed by atoms with Crippen LogP contribution in [0.25, 0.3) is 0 Å². The number of carbonyl (C=O) groups is 4. The minimum Gasteiger partial charge on any atom is -0.480 e. The van der Waals surface area contributed by atoms with E-state index in [-0.39, 0.29) is 10.5 Å². The average molecular weight is 441 g/mol. The molecule has 1 unspecified atom stereocenters. The van der Waals surface area contributed by atoms with E-state index < -0.39 is 55.3 Å². The zero-order chi connectivity index (χ0) is 21.9. The van der Waals surface area contributed by atoms with Gasteiger partial charge in [0.1, 0.15) is 11.4 Å². The van der Waals surface area contributed by atoms with Crippen molar-refractivity contribution in [3.63, 3.8) is 0 Å². The molecule has 4 N–H and O–H groups in total. The summed E-state index contributed by atoms with van der Waals surface area (Å²) in [4.78, 5) is 50.6. The highest BCUT2D eigenvalue weighted by molar-refractivity contribution is 8.01. The summed E-state index contributed by atoms with van der Waals surface area (Å²) in [7, 11) is -3.94. The van der Waals surface area contributed by atoms with Gasteiger partial charge in [0.2, 0.25) is 15.6 Å². The van der Waals surface area contributed by atoms with Crippen molar-refractivity contribution < 1.29 is 32.7 Å². The maximum atomic E-state index is 12.9. The number of carbonyl (C=O) groups excluding carboxylic acids is 3. The zero-order valence-electron chi connectivity index (χ0n) is 15.7. The number of amides is 2. The molecular formula is C17H19N3O7S2. The van der Waals surface area contributed by atoms with E-state index in [0.717, 1.165) is 35.7 Å². The third-order valence-electron chi connectivity index (χ3n) is 5.09. The van der Waals surface area contributed by atoms with Gasteiger partial charge in [-0.2, -0.15) is 0 Å². The molecule has 2 fully saturated rings. The van der Waals surface area contributed by atoms with Gasteiger partial charge in [0.25, 0.3) is 11.8 Å². The minimum atomic E-state index is -3.94. The van der Waals surface area contributed by atoms with Crippen molar-refractivity contribution in [3.05, 3.63) is 29.8 Å². The van der Waals surface area contributed by atoms with Crippen molar-refractivity contribution in [2.45, 2.75) is 47.4 Å². The third-order valence-corrected chi connectivity index (χ3v) is 7.66. The number of carboxylic acids is 1. The summed E-state index contributed by atoms with van der Waals surface area (Å²) in [5, 5.41) is 16.1. The average Bonchev–Trinajstić information content (AvgIpc) is 2.87. The van der Waals surface area contributed by atoms with Crippen LogP contribution < -0.4 is 10.5 Å². The number of Topliss-reactive ketones (excluding diaryl/α,β-unsaturated/α-hetero) is 1. The van der Waals surface area contributed by atoms with E-state index in [1.54, 1.807) is 13.8 Å². The van der Waals surface area contributed by atoms with Crippen LogP contribution >= 0.6 is 11.8 Å². The second-order valence-electron chi connectivity index (χ2n) is 7.41. The Labute approximate surface area is 170 Å². The van der Waals surface area contributed by atoms with Crippen LogP contribution in [0.4, 0.5) is 0 Å². The van der Waals surface area contributed by atoms with Gasteiger partial charge >= 0.3 is 5.97 Å². The molecule has 0 saturated carbocycles. The van der Waals surface area contributed by atoms with Gasteiger partial charge in [0.15, 0.2) is 5.78 Å². The van der Waals surface area contributed by atoms with Crippen LogP contribution in [0.2, 0.25) is 0 Å². The molecule has 3 rings (SSSR count). The molecule has 29 heavy (non-hydrogen) atoms. The number of benzene rings is 1. The maximum Gasteiger partial charge on any atom is 0.327 e. The van der Waals surface area contributed by atoms with E-state index in [1.165, 1.54) is 12.1 Å². The summed E-state index contributed by atoms with van der Waals surface area (Å²) < 4.78 is 21.8. The Morgan fingerprint density at radius 3 is 2.21 bits per heavy atom. The second-order valence-corrected chi connectivity index (χ2v) is 10.7. The molecule has 2 amide bonds. The molecule has 0 aromatic heterocycles. The number of sulfonamides is 1. The number of hydrogen-bond acceptors (Lipinski definition) is 7. The Balaban J connectivity index is 1.92. The molecule has 1 aromatic rings. The van der Waals surface area contributed by atoms with E-state index in [0.29, 0.717) is 0 Å². The molecular weight excluding hydrogens is 422 g/mol. The number of nitrogens with one attached hydrogen (secondary N) is 1. The molecule has 10 nitrogen and oxygen atoms in total. The molecule has 2 aliphatic rings. The van der Waals surface area contributed by atoms with Crippen molar-refractivity contribution in [3.8, 4) is 0 Å². The van der Waals surface area contributed by atoms with Gasteiger partial charge in [-0.1, -0.05) is 0 Å². The Kier molecular flexibility index (Phi) is 4.80. The van der Waals surface area contributed by atoms with Gasteiger partial charge in [-0.15, -0.1) is 11.8 Å². The van der Waals surface area contributed by atoms with Crippen LogP contribution in [0.3, 0.4) is 0 Å². The number of thioether (sulfide) groups is 1. The number of nitrogens with two attached hydrogens (primary N) is 1. The van der Waals surface area contributed by atoms with Crippen molar-refractivity contribution in [2.24, 2.45) is 5.14 Å². The smallest absolute Gasteiger partial charge is 0.327 e. The van der Waals surface area contributed by atoms with E-state index in [2.05, 4.69) is 5.32 Å². The molecule has 0 bridgehead atoms. The number of ketones is 1. The number of fused-ring (bicyclic) bond motifs is 1. The van der Waals surface area contributed by atoms with Crippen LogP contribution in [-0.2, 0) is 24.4 Å². The summed E-state index contributed by atoms with van der Waals surface area (Å²) in [6, 6.07) is 3.54. The number of nitrogens with zero attached hydrogens (tertiary/aromatic N) is 1. The summed E-state index contributed by atoms with van der Waals surface area (Å²) in [6.07, 6.45) is 0. The van der Waals surface area contributed by atoms with Crippen LogP contribution in [0.1, 0.15) is 31.1 Å². The normalized spacial score (nSPS) is 27.7. The van der Waals surface area contributed by atoms with Gasteiger partial charge in [0, 0.05) is 10.3 Å². The monoisotopic (exact) mass is 441 g/mol. The van der Waals surface area contributed by atoms with E-state index >= 15 is 0 Å². The van der Waals surface area contributed by atoms with Crippen molar-refractivity contribution >= 4 is 45.4 Å². The molecule has 3 atom stereocenters. The highest BCUT2D eigenvalue weighted by atomic mass is 32.2. The predicted molar refractivity (Wildman–Crippen MR) is 102 cm³/mol. The topological polar surface area (TPSA) is 164 Å². The third kappa shape index (κ3) is 3.11. The summed E-state index contributed by atoms with van der Waals surface area (Å²) in [5.74, 6) is -3.37. The Bertz CT molecular complexity index is 1040. The first-order valence-corrected chi connectivity index (χ1v) is 10.9. The molecule has 156 valence electrons. The number of hydrogen-bond donors (Lipinski definition) is 3. The lowest BCUT2D eigenvalue weighted by atomic mass is 9.81. The number of carboxylic acid groups (broad SMARTS) is 1. The number of β-lactam (4-membered cyclic amide) rings is 1. The summed E-state index contributed by atoms with van der Waals surface area (Å²) in [6.45, 7) is 4.46. The number of aliphatic carboxylic acids is 1. The second kappa shape index (κ2) is 6.54. The van der Waals surface area contributed by atoms with Crippen molar-refractivity contribution in [1.82, 2.24) is 10.2 Å². The zero-order valence-corrected chi connectivity index (χ0v) is 17.3.